The van der Waals surface area contributed by atoms with Crippen LogP contribution < -0.4 is 16.0 Å². The molecule has 11 heteroatoms. The van der Waals surface area contributed by atoms with Crippen LogP contribution in [0.5, 0.6) is 0 Å². The Balaban J connectivity index is 2.50. The lowest BCUT2D eigenvalue weighted by atomic mass is 9.92. The van der Waals surface area contributed by atoms with Gasteiger partial charge in [-0.15, -0.1) is 0 Å². The van der Waals surface area contributed by atoms with Gasteiger partial charge in [-0.3, -0.25) is 24.0 Å². The molecule has 0 aliphatic carbocycles. The molecule has 0 aromatic rings. The minimum absolute atomic E-state index is 0.174. The molecule has 1 aliphatic heterocycles. The fourth-order valence-electron chi connectivity index (χ4n) is 3.33. The molecule has 1 rings (SSSR count). The molecule has 0 bridgehead atoms. The van der Waals surface area contributed by atoms with Crippen LogP contribution in [0.3, 0.4) is 0 Å². The van der Waals surface area contributed by atoms with Crippen LogP contribution in [0, 0.1) is 5.92 Å². The van der Waals surface area contributed by atoms with Crippen molar-refractivity contribution in [3.8, 4) is 0 Å². The molecule has 1 heterocycles. The van der Waals surface area contributed by atoms with Gasteiger partial charge in [0.1, 0.15) is 12.6 Å². The van der Waals surface area contributed by atoms with Crippen molar-refractivity contribution in [2.24, 2.45) is 5.92 Å². The number of nitrogens with one attached hydrogen (secondary N) is 3. The summed E-state index contributed by atoms with van der Waals surface area (Å²) in [5.74, 6) is -3.78. The van der Waals surface area contributed by atoms with Crippen molar-refractivity contribution in [2.75, 3.05) is 32.7 Å². The standard InChI is InChI=1S/C19H32N4O7/c1-2-23(16(25)5-3-4-13-6-8-20-9-7-13)12-15(24)22-14(10-17(26)27)19(30)21-11-18(28)29/h13-14,20H,2-12H2,1H3,(H,21,30)(H,22,24)(H,26,27)(H,28,29). The predicted molar refractivity (Wildman–Crippen MR) is 107 cm³/mol. The number of aliphatic carboxylic acids is 2. The number of carboxylic acid groups (broad SMARTS) is 2. The summed E-state index contributed by atoms with van der Waals surface area (Å²) in [5, 5.41) is 25.1. The lowest BCUT2D eigenvalue weighted by molar-refractivity contribution is -0.142. The maximum absolute atomic E-state index is 12.4. The SMILES string of the molecule is CCN(CC(=O)NC(CC(=O)O)C(=O)NCC(=O)O)C(=O)CCCC1CCNCC1. The van der Waals surface area contributed by atoms with Crippen molar-refractivity contribution in [1.82, 2.24) is 20.9 Å². The topological polar surface area (TPSA) is 165 Å². The highest BCUT2D eigenvalue weighted by atomic mass is 16.4. The highest BCUT2D eigenvalue weighted by molar-refractivity contribution is 5.93. The summed E-state index contributed by atoms with van der Waals surface area (Å²) in [6, 6.07) is -1.43. The molecule has 170 valence electrons. The Kier molecular flexibility index (Phi) is 11.4. The van der Waals surface area contributed by atoms with E-state index in [0.29, 0.717) is 18.9 Å². The molecule has 1 aliphatic rings. The van der Waals surface area contributed by atoms with Gasteiger partial charge in [0.05, 0.1) is 13.0 Å². The highest BCUT2D eigenvalue weighted by Gasteiger charge is 2.25. The summed E-state index contributed by atoms with van der Waals surface area (Å²) < 4.78 is 0. The number of nitrogens with zero attached hydrogens (tertiary/aromatic N) is 1. The van der Waals surface area contributed by atoms with E-state index in [1.165, 1.54) is 4.90 Å². The maximum atomic E-state index is 12.4. The first kappa shape index (κ1) is 25.3. The fraction of sp³-hybridized carbons (Fsp3) is 0.737. The van der Waals surface area contributed by atoms with Crippen LogP contribution in [0.15, 0.2) is 0 Å². The first-order chi connectivity index (χ1) is 14.2. The number of hydrogen-bond acceptors (Lipinski definition) is 6. The third-order valence-electron chi connectivity index (χ3n) is 4.97. The lowest BCUT2D eigenvalue weighted by Gasteiger charge is -2.24. The van der Waals surface area contributed by atoms with E-state index >= 15 is 0 Å². The summed E-state index contributed by atoms with van der Waals surface area (Å²) in [7, 11) is 0. The molecule has 0 saturated carbocycles. The van der Waals surface area contributed by atoms with E-state index in [-0.39, 0.29) is 12.5 Å². The van der Waals surface area contributed by atoms with Crippen molar-refractivity contribution in [2.45, 2.75) is 51.5 Å². The highest BCUT2D eigenvalue weighted by Crippen LogP contribution is 2.19. The van der Waals surface area contributed by atoms with Gasteiger partial charge in [-0.25, -0.2) is 0 Å². The number of likely N-dealkylation sites (N-methyl/N-ethyl adjacent to an activating group) is 1. The molecule has 1 fully saturated rings. The van der Waals surface area contributed by atoms with Gasteiger partial charge in [0.15, 0.2) is 0 Å². The first-order valence-corrected chi connectivity index (χ1v) is 10.2. The average molecular weight is 428 g/mol. The van der Waals surface area contributed by atoms with E-state index in [1.807, 2.05) is 5.32 Å². The van der Waals surface area contributed by atoms with Crippen molar-refractivity contribution >= 4 is 29.7 Å². The quantitative estimate of drug-likeness (QED) is 0.253. The molecule has 1 saturated heterocycles. The number of carboxylic acids is 2. The third kappa shape index (κ3) is 10.2. The summed E-state index contributed by atoms with van der Waals surface area (Å²) in [4.78, 5) is 59.5. The minimum Gasteiger partial charge on any atom is -0.481 e. The normalized spacial score (nSPS) is 15.1. The van der Waals surface area contributed by atoms with Crippen LogP contribution in [-0.4, -0.2) is 83.5 Å². The first-order valence-electron chi connectivity index (χ1n) is 10.2. The van der Waals surface area contributed by atoms with Crippen molar-refractivity contribution < 1.29 is 34.2 Å². The predicted octanol–water partition coefficient (Wildman–Crippen LogP) is -0.835. The molecule has 1 unspecified atom stereocenters. The summed E-state index contributed by atoms with van der Waals surface area (Å²) in [5.41, 5.74) is 0. The van der Waals surface area contributed by atoms with Crippen LogP contribution in [-0.2, 0) is 24.0 Å². The van der Waals surface area contributed by atoms with Crippen LogP contribution in [0.2, 0.25) is 0 Å². The zero-order valence-corrected chi connectivity index (χ0v) is 17.3. The van der Waals surface area contributed by atoms with Crippen molar-refractivity contribution in [3.63, 3.8) is 0 Å². The molecule has 0 aromatic heterocycles. The van der Waals surface area contributed by atoms with Crippen molar-refractivity contribution in [1.29, 1.82) is 0 Å². The Bertz CT molecular complexity index is 620. The summed E-state index contributed by atoms with van der Waals surface area (Å²) >= 11 is 0. The Labute approximate surface area is 175 Å². The lowest BCUT2D eigenvalue weighted by Crippen LogP contribution is -2.51. The van der Waals surface area contributed by atoms with Gasteiger partial charge in [-0.1, -0.05) is 0 Å². The van der Waals surface area contributed by atoms with E-state index < -0.39 is 42.8 Å². The van der Waals surface area contributed by atoms with Gasteiger partial charge in [-0.05, 0) is 51.6 Å². The van der Waals surface area contributed by atoms with Crippen LogP contribution in [0.25, 0.3) is 0 Å². The van der Waals surface area contributed by atoms with Gasteiger partial charge in [0.25, 0.3) is 0 Å². The van der Waals surface area contributed by atoms with Crippen LogP contribution in [0.1, 0.15) is 45.4 Å². The van der Waals surface area contributed by atoms with E-state index in [9.17, 15) is 24.0 Å². The van der Waals surface area contributed by atoms with Gasteiger partial charge < -0.3 is 31.1 Å². The Hall–Kier alpha value is -2.69. The van der Waals surface area contributed by atoms with E-state index in [1.54, 1.807) is 6.92 Å². The van der Waals surface area contributed by atoms with Crippen molar-refractivity contribution in [3.05, 3.63) is 0 Å². The molecule has 0 aromatic carbocycles. The zero-order valence-electron chi connectivity index (χ0n) is 17.3. The summed E-state index contributed by atoms with van der Waals surface area (Å²) in [6.45, 7) is 3.03. The average Bonchev–Trinajstić information content (AvgIpc) is 2.70. The molecular formula is C19H32N4O7. The molecule has 0 radical (unpaired) electrons. The van der Waals surface area contributed by atoms with E-state index in [2.05, 4.69) is 10.6 Å². The molecule has 5 N–H and O–H groups in total. The Morgan fingerprint density at radius 3 is 2.33 bits per heavy atom. The van der Waals surface area contributed by atoms with E-state index in [4.69, 9.17) is 10.2 Å². The minimum atomic E-state index is -1.43. The maximum Gasteiger partial charge on any atom is 0.322 e. The number of hydrogen-bond donors (Lipinski definition) is 5. The molecule has 3 amide bonds. The van der Waals surface area contributed by atoms with Gasteiger partial charge >= 0.3 is 11.9 Å². The molecular weight excluding hydrogens is 396 g/mol. The number of carbonyl (C=O) groups excluding carboxylic acids is 3. The summed E-state index contributed by atoms with van der Waals surface area (Å²) in [6.07, 6.45) is 3.52. The van der Waals surface area contributed by atoms with Crippen LogP contribution in [0.4, 0.5) is 0 Å². The largest absolute Gasteiger partial charge is 0.481 e. The second-order valence-corrected chi connectivity index (χ2v) is 7.32. The smallest absolute Gasteiger partial charge is 0.322 e. The number of piperidine rings is 1. The van der Waals surface area contributed by atoms with E-state index in [0.717, 1.165) is 38.8 Å². The Morgan fingerprint density at radius 1 is 1.10 bits per heavy atom. The monoisotopic (exact) mass is 428 g/mol. The number of carbonyl (C=O) groups is 5. The molecule has 1 atom stereocenters. The molecule has 0 spiro atoms. The van der Waals surface area contributed by atoms with Crippen LogP contribution >= 0.6 is 0 Å². The van der Waals surface area contributed by atoms with Gasteiger partial charge in [0, 0.05) is 13.0 Å². The molecule has 30 heavy (non-hydrogen) atoms. The number of amides is 3. The van der Waals surface area contributed by atoms with Gasteiger partial charge in [-0.2, -0.15) is 0 Å². The third-order valence-corrected chi connectivity index (χ3v) is 4.97. The Morgan fingerprint density at radius 2 is 1.77 bits per heavy atom. The number of rotatable bonds is 13. The van der Waals surface area contributed by atoms with Gasteiger partial charge in [0.2, 0.25) is 17.7 Å². The fourth-order valence-corrected chi connectivity index (χ4v) is 3.33. The second kappa shape index (κ2) is 13.5. The second-order valence-electron chi connectivity index (χ2n) is 7.32. The molecule has 11 nitrogen and oxygen atoms in total. The zero-order chi connectivity index (χ0) is 22.5.